The Morgan fingerprint density at radius 3 is 2.70 bits per heavy atom. The first kappa shape index (κ1) is 14.9. The maximum atomic E-state index is 12.2. The number of anilines is 1. The molecule has 1 aromatic carbocycles. The summed E-state index contributed by atoms with van der Waals surface area (Å²) in [4.78, 5) is 13.9. The molecule has 2 rings (SSSR count). The van der Waals surface area contributed by atoms with Gasteiger partial charge in [-0.2, -0.15) is 0 Å². The second kappa shape index (κ2) is 5.44. The highest BCUT2D eigenvalue weighted by molar-refractivity contribution is 5.89. The maximum absolute atomic E-state index is 12.2. The van der Waals surface area contributed by atoms with Gasteiger partial charge in [0.2, 0.25) is 0 Å². The molecular weight excluding hydrogens is 254 g/mol. The summed E-state index contributed by atoms with van der Waals surface area (Å²) in [5, 5.41) is 9.65. The van der Waals surface area contributed by atoms with Crippen molar-refractivity contribution in [1.29, 1.82) is 0 Å². The summed E-state index contributed by atoms with van der Waals surface area (Å²) in [6.07, 6.45) is 1.05. The number of amides is 1. The van der Waals surface area contributed by atoms with Crippen LogP contribution >= 0.6 is 0 Å². The van der Waals surface area contributed by atoms with E-state index in [0.29, 0.717) is 6.54 Å². The van der Waals surface area contributed by atoms with Gasteiger partial charge in [-0.3, -0.25) is 4.90 Å². The molecule has 0 bridgehead atoms. The Hall–Kier alpha value is -1.55. The molecule has 1 aliphatic heterocycles. The zero-order valence-corrected chi connectivity index (χ0v) is 12.6. The van der Waals surface area contributed by atoms with Gasteiger partial charge in [0.05, 0.1) is 11.8 Å². The van der Waals surface area contributed by atoms with Crippen LogP contribution in [-0.2, 0) is 11.2 Å². The van der Waals surface area contributed by atoms with Gasteiger partial charge in [-0.15, -0.1) is 0 Å². The second-order valence-electron chi connectivity index (χ2n) is 6.30. The van der Waals surface area contributed by atoms with Crippen LogP contribution in [-0.4, -0.2) is 23.3 Å². The number of ether oxygens (including phenoxy) is 1. The zero-order chi connectivity index (χ0) is 14.9. The lowest BCUT2D eigenvalue weighted by Crippen LogP contribution is -2.39. The largest absolute Gasteiger partial charge is 0.443 e. The Kier molecular flexibility index (Phi) is 4.04. The van der Waals surface area contributed by atoms with Gasteiger partial charge in [-0.25, -0.2) is 4.79 Å². The lowest BCUT2D eigenvalue weighted by atomic mass is 9.98. The molecule has 0 saturated heterocycles. The van der Waals surface area contributed by atoms with Gasteiger partial charge in [0.15, 0.2) is 0 Å². The molecule has 0 radical (unpaired) electrons. The van der Waals surface area contributed by atoms with Crippen molar-refractivity contribution in [3.63, 3.8) is 0 Å². The molecule has 1 heterocycles. The van der Waals surface area contributed by atoms with E-state index in [-0.39, 0.29) is 6.09 Å². The molecule has 1 aliphatic rings. The van der Waals surface area contributed by atoms with Gasteiger partial charge in [0.1, 0.15) is 5.60 Å². The van der Waals surface area contributed by atoms with E-state index >= 15 is 0 Å². The maximum Gasteiger partial charge on any atom is 0.414 e. The normalized spacial score (nSPS) is 16.6. The number of nitrogens with zero attached hydrogens (tertiary/aromatic N) is 1. The topological polar surface area (TPSA) is 49.8 Å². The molecule has 0 fully saturated rings. The van der Waals surface area contributed by atoms with E-state index in [9.17, 15) is 9.90 Å². The van der Waals surface area contributed by atoms with Crippen molar-refractivity contribution in [2.45, 2.75) is 52.2 Å². The van der Waals surface area contributed by atoms with Crippen LogP contribution in [0.2, 0.25) is 0 Å². The molecule has 4 heteroatoms. The van der Waals surface area contributed by atoms with Crippen LogP contribution in [0.15, 0.2) is 18.2 Å². The number of fused-ring (bicyclic) bond motifs is 1. The summed E-state index contributed by atoms with van der Waals surface area (Å²) < 4.78 is 5.45. The molecule has 1 atom stereocenters. The van der Waals surface area contributed by atoms with E-state index in [4.69, 9.17) is 4.74 Å². The van der Waals surface area contributed by atoms with Crippen molar-refractivity contribution in [3.05, 3.63) is 29.3 Å². The quantitative estimate of drug-likeness (QED) is 0.855. The van der Waals surface area contributed by atoms with Crippen molar-refractivity contribution >= 4 is 11.8 Å². The van der Waals surface area contributed by atoms with Crippen LogP contribution in [0.1, 0.15) is 51.3 Å². The number of aryl methyl sites for hydroxylation is 1. The van der Waals surface area contributed by atoms with E-state index in [0.717, 1.165) is 29.7 Å². The number of carbonyl (C=O) groups excluding carboxylic acids is 1. The zero-order valence-electron chi connectivity index (χ0n) is 12.6. The van der Waals surface area contributed by atoms with E-state index in [1.807, 2.05) is 39.0 Å². The Morgan fingerprint density at radius 1 is 1.40 bits per heavy atom. The van der Waals surface area contributed by atoms with Crippen LogP contribution in [0.3, 0.4) is 0 Å². The van der Waals surface area contributed by atoms with Crippen molar-refractivity contribution in [1.82, 2.24) is 0 Å². The number of hydrogen-bond donors (Lipinski definition) is 1. The molecule has 0 saturated carbocycles. The molecule has 1 aromatic rings. The van der Waals surface area contributed by atoms with E-state index in [1.165, 1.54) is 0 Å². The average molecular weight is 277 g/mol. The molecule has 20 heavy (non-hydrogen) atoms. The van der Waals surface area contributed by atoms with Crippen molar-refractivity contribution < 1.29 is 14.6 Å². The van der Waals surface area contributed by atoms with Crippen molar-refractivity contribution in [2.24, 2.45) is 0 Å². The minimum atomic E-state index is -0.492. The van der Waals surface area contributed by atoms with Gasteiger partial charge >= 0.3 is 6.09 Å². The molecular formula is C16H23NO3. The first-order valence-electron chi connectivity index (χ1n) is 7.09. The Balaban J connectivity index is 2.27. The first-order valence-corrected chi connectivity index (χ1v) is 7.09. The van der Waals surface area contributed by atoms with Crippen LogP contribution in [0.4, 0.5) is 10.5 Å². The summed E-state index contributed by atoms with van der Waals surface area (Å²) in [7, 11) is 0. The van der Waals surface area contributed by atoms with Gasteiger partial charge in [0.25, 0.3) is 0 Å². The van der Waals surface area contributed by atoms with Crippen molar-refractivity contribution in [3.8, 4) is 0 Å². The molecule has 0 unspecified atom stereocenters. The van der Waals surface area contributed by atoms with Crippen LogP contribution in [0, 0.1) is 0 Å². The smallest absolute Gasteiger partial charge is 0.414 e. The molecule has 110 valence electrons. The summed E-state index contributed by atoms with van der Waals surface area (Å²) in [6, 6.07) is 5.75. The summed E-state index contributed by atoms with van der Waals surface area (Å²) in [6.45, 7) is 8.02. The number of rotatable bonds is 1. The highest BCUT2D eigenvalue weighted by Crippen LogP contribution is 2.30. The monoisotopic (exact) mass is 277 g/mol. The van der Waals surface area contributed by atoms with Crippen LogP contribution in [0.25, 0.3) is 0 Å². The molecule has 0 aliphatic carbocycles. The van der Waals surface area contributed by atoms with Gasteiger partial charge < -0.3 is 9.84 Å². The molecule has 0 aromatic heterocycles. The highest BCUT2D eigenvalue weighted by atomic mass is 16.6. The number of aliphatic hydroxyl groups excluding tert-OH is 1. The lowest BCUT2D eigenvalue weighted by Gasteiger charge is -2.32. The minimum Gasteiger partial charge on any atom is -0.443 e. The molecule has 4 nitrogen and oxygen atoms in total. The summed E-state index contributed by atoms with van der Waals surface area (Å²) >= 11 is 0. The fourth-order valence-corrected chi connectivity index (χ4v) is 2.38. The number of carbonyl (C=O) groups is 1. The Morgan fingerprint density at radius 2 is 2.10 bits per heavy atom. The fraction of sp³-hybridized carbons (Fsp3) is 0.562. The van der Waals surface area contributed by atoms with Gasteiger partial charge in [-0.1, -0.05) is 12.1 Å². The summed E-state index contributed by atoms with van der Waals surface area (Å²) in [5.41, 5.74) is 2.39. The van der Waals surface area contributed by atoms with Crippen LogP contribution in [0.5, 0.6) is 0 Å². The summed E-state index contributed by atoms with van der Waals surface area (Å²) in [5.74, 6) is 0. The minimum absolute atomic E-state index is 0.303. The second-order valence-corrected chi connectivity index (χ2v) is 6.30. The average Bonchev–Trinajstić information content (AvgIpc) is 2.35. The Bertz CT molecular complexity index is 503. The SMILES string of the molecule is C[C@@H](O)c1ccc2c(c1)CCCN2C(=O)OC(C)(C)C. The van der Waals surface area contributed by atoms with E-state index in [1.54, 1.807) is 11.8 Å². The highest BCUT2D eigenvalue weighted by Gasteiger charge is 2.27. The molecule has 0 spiro atoms. The van der Waals surface area contributed by atoms with E-state index in [2.05, 4.69) is 0 Å². The predicted octanol–water partition coefficient (Wildman–Crippen LogP) is 3.43. The third-order valence-corrected chi connectivity index (χ3v) is 3.32. The number of hydrogen-bond acceptors (Lipinski definition) is 3. The van der Waals surface area contributed by atoms with Gasteiger partial charge in [0, 0.05) is 6.54 Å². The standard InChI is InChI=1S/C16H23NO3/c1-11(18)12-7-8-14-13(10-12)6-5-9-17(14)15(19)20-16(2,3)4/h7-8,10-11,18H,5-6,9H2,1-4H3/t11-/m1/s1. The Labute approximate surface area is 120 Å². The van der Waals surface area contributed by atoms with Crippen molar-refractivity contribution in [2.75, 3.05) is 11.4 Å². The molecule has 1 N–H and O–H groups in total. The van der Waals surface area contributed by atoms with Crippen LogP contribution < -0.4 is 4.90 Å². The predicted molar refractivity (Wildman–Crippen MR) is 79.0 cm³/mol. The number of benzene rings is 1. The lowest BCUT2D eigenvalue weighted by molar-refractivity contribution is 0.0578. The first-order chi connectivity index (χ1) is 9.28. The third kappa shape index (κ3) is 3.31. The third-order valence-electron chi connectivity index (χ3n) is 3.32. The fourth-order valence-electron chi connectivity index (χ4n) is 2.38. The number of aliphatic hydroxyl groups is 1. The van der Waals surface area contributed by atoms with Gasteiger partial charge in [-0.05, 0) is 57.7 Å². The van der Waals surface area contributed by atoms with E-state index < -0.39 is 11.7 Å². The molecule has 1 amide bonds.